The summed E-state index contributed by atoms with van der Waals surface area (Å²) in [6.07, 6.45) is 0.267. The minimum absolute atomic E-state index is 0. The van der Waals surface area contributed by atoms with E-state index in [1.165, 1.54) is 12.1 Å². The van der Waals surface area contributed by atoms with Crippen LogP contribution in [-0.2, 0) is 4.79 Å². The van der Waals surface area contributed by atoms with Gasteiger partial charge in [-0.1, -0.05) is 17.7 Å². The van der Waals surface area contributed by atoms with Crippen molar-refractivity contribution in [2.24, 2.45) is 5.73 Å². The van der Waals surface area contributed by atoms with Crippen LogP contribution in [0.2, 0.25) is 5.02 Å². The van der Waals surface area contributed by atoms with E-state index in [1.54, 1.807) is 13.0 Å². The number of hydrogen-bond acceptors (Lipinski definition) is 2. The van der Waals surface area contributed by atoms with Crippen molar-refractivity contribution in [3.63, 3.8) is 0 Å². The van der Waals surface area contributed by atoms with E-state index in [9.17, 15) is 9.18 Å². The SMILES string of the molecule is CC(NC(=O)CCN)c1ccc(F)cc1Cl.Cl. The summed E-state index contributed by atoms with van der Waals surface area (Å²) in [5, 5.41) is 3.04. The predicted octanol–water partition coefficient (Wildman–Crippen LogP) is 2.43. The highest BCUT2D eigenvalue weighted by molar-refractivity contribution is 6.31. The lowest BCUT2D eigenvalue weighted by molar-refractivity contribution is -0.121. The molecule has 0 aliphatic heterocycles. The van der Waals surface area contributed by atoms with Crippen molar-refractivity contribution in [2.45, 2.75) is 19.4 Å². The highest BCUT2D eigenvalue weighted by atomic mass is 35.5. The second kappa shape index (κ2) is 7.48. The molecule has 3 N–H and O–H groups in total. The lowest BCUT2D eigenvalue weighted by Gasteiger charge is -2.15. The summed E-state index contributed by atoms with van der Waals surface area (Å²) in [5.41, 5.74) is 5.95. The molecule has 0 aliphatic carbocycles. The van der Waals surface area contributed by atoms with Gasteiger partial charge in [-0.25, -0.2) is 4.39 Å². The average Bonchev–Trinajstić information content (AvgIpc) is 2.17. The summed E-state index contributed by atoms with van der Waals surface area (Å²) in [5.74, 6) is -0.537. The van der Waals surface area contributed by atoms with E-state index in [0.29, 0.717) is 17.1 Å². The molecule has 1 unspecified atom stereocenters. The molecule has 0 spiro atoms. The second-order valence-corrected chi connectivity index (χ2v) is 3.90. The van der Waals surface area contributed by atoms with Crippen molar-refractivity contribution >= 4 is 29.9 Å². The van der Waals surface area contributed by atoms with Gasteiger partial charge in [0.05, 0.1) is 6.04 Å². The molecule has 1 amide bonds. The fourth-order valence-corrected chi connectivity index (χ4v) is 1.71. The van der Waals surface area contributed by atoms with Gasteiger partial charge < -0.3 is 11.1 Å². The monoisotopic (exact) mass is 280 g/mol. The van der Waals surface area contributed by atoms with E-state index in [-0.39, 0.29) is 30.8 Å². The third-order valence-corrected chi connectivity index (χ3v) is 2.51. The van der Waals surface area contributed by atoms with Gasteiger partial charge in [0.1, 0.15) is 5.82 Å². The van der Waals surface area contributed by atoms with Crippen molar-refractivity contribution in [1.82, 2.24) is 5.32 Å². The summed E-state index contributed by atoms with van der Waals surface area (Å²) in [6, 6.07) is 3.84. The molecule has 6 heteroatoms. The van der Waals surface area contributed by atoms with E-state index in [2.05, 4.69) is 5.32 Å². The first kappa shape index (κ1) is 16.2. The summed E-state index contributed by atoms with van der Waals surface area (Å²) in [6.45, 7) is 2.09. The van der Waals surface area contributed by atoms with Gasteiger partial charge in [0.15, 0.2) is 0 Å². The van der Waals surface area contributed by atoms with Gasteiger partial charge in [-0.15, -0.1) is 12.4 Å². The number of rotatable bonds is 4. The van der Waals surface area contributed by atoms with Gasteiger partial charge in [0.2, 0.25) is 5.91 Å². The average molecular weight is 281 g/mol. The van der Waals surface area contributed by atoms with Crippen molar-refractivity contribution < 1.29 is 9.18 Å². The standard InChI is InChI=1S/C11H14ClFN2O.ClH/c1-7(15-11(16)4-5-14)9-3-2-8(13)6-10(9)12;/h2-3,6-7H,4-5,14H2,1H3,(H,15,16);1H. The topological polar surface area (TPSA) is 55.1 Å². The van der Waals surface area contributed by atoms with Crippen molar-refractivity contribution in [2.75, 3.05) is 6.54 Å². The lowest BCUT2D eigenvalue weighted by atomic mass is 10.1. The first-order valence-corrected chi connectivity index (χ1v) is 5.36. The molecule has 0 aliphatic rings. The smallest absolute Gasteiger partial charge is 0.221 e. The van der Waals surface area contributed by atoms with Crippen LogP contribution in [0.15, 0.2) is 18.2 Å². The van der Waals surface area contributed by atoms with E-state index >= 15 is 0 Å². The lowest BCUT2D eigenvalue weighted by Crippen LogP contribution is -2.28. The minimum atomic E-state index is -0.394. The molecule has 1 rings (SSSR count). The van der Waals surface area contributed by atoms with Crippen LogP contribution in [0.3, 0.4) is 0 Å². The van der Waals surface area contributed by atoms with Crippen LogP contribution in [0, 0.1) is 5.82 Å². The van der Waals surface area contributed by atoms with Gasteiger partial charge in [-0.05, 0) is 24.6 Å². The van der Waals surface area contributed by atoms with E-state index < -0.39 is 5.82 Å². The molecule has 17 heavy (non-hydrogen) atoms. The van der Waals surface area contributed by atoms with Crippen LogP contribution in [0.1, 0.15) is 24.9 Å². The molecule has 0 heterocycles. The van der Waals surface area contributed by atoms with Crippen molar-refractivity contribution in [1.29, 1.82) is 0 Å². The molecule has 1 aromatic carbocycles. The van der Waals surface area contributed by atoms with Gasteiger partial charge in [0, 0.05) is 18.0 Å². The number of nitrogens with two attached hydrogens (primary N) is 1. The number of halogens is 3. The maximum Gasteiger partial charge on any atom is 0.221 e. The molecular formula is C11H15Cl2FN2O. The number of carbonyl (C=O) groups is 1. The Morgan fingerprint density at radius 3 is 2.76 bits per heavy atom. The highest BCUT2D eigenvalue weighted by Gasteiger charge is 2.12. The zero-order valence-corrected chi connectivity index (χ0v) is 10.9. The Balaban J connectivity index is 0.00000256. The Bertz CT molecular complexity index is 388. The van der Waals surface area contributed by atoms with Crippen LogP contribution in [0.5, 0.6) is 0 Å². The van der Waals surface area contributed by atoms with Crippen molar-refractivity contribution in [3.8, 4) is 0 Å². The summed E-state index contributed by atoms with van der Waals surface area (Å²) in [4.78, 5) is 11.3. The molecule has 0 bridgehead atoms. The fourth-order valence-electron chi connectivity index (χ4n) is 1.38. The van der Waals surface area contributed by atoms with Gasteiger partial charge >= 0.3 is 0 Å². The van der Waals surface area contributed by atoms with Crippen molar-refractivity contribution in [3.05, 3.63) is 34.6 Å². The van der Waals surface area contributed by atoms with E-state index in [1.807, 2.05) is 0 Å². The quantitative estimate of drug-likeness (QED) is 0.890. The molecule has 1 aromatic rings. The third-order valence-electron chi connectivity index (χ3n) is 2.18. The highest BCUT2D eigenvalue weighted by Crippen LogP contribution is 2.23. The molecule has 0 fully saturated rings. The van der Waals surface area contributed by atoms with Crippen LogP contribution in [0.25, 0.3) is 0 Å². The Hall–Kier alpha value is -0.840. The second-order valence-electron chi connectivity index (χ2n) is 3.49. The number of carbonyl (C=O) groups excluding carboxylic acids is 1. The molecular weight excluding hydrogens is 266 g/mol. The molecule has 0 saturated carbocycles. The molecule has 0 radical (unpaired) electrons. The molecule has 96 valence electrons. The zero-order chi connectivity index (χ0) is 12.1. The number of nitrogens with one attached hydrogen (secondary N) is 1. The zero-order valence-electron chi connectivity index (χ0n) is 9.37. The van der Waals surface area contributed by atoms with E-state index in [4.69, 9.17) is 17.3 Å². The Morgan fingerprint density at radius 2 is 2.24 bits per heavy atom. The predicted molar refractivity (Wildman–Crippen MR) is 68.9 cm³/mol. The number of benzene rings is 1. The molecule has 1 atom stereocenters. The van der Waals surface area contributed by atoms with E-state index in [0.717, 1.165) is 0 Å². The van der Waals surface area contributed by atoms with Crippen LogP contribution < -0.4 is 11.1 Å². The maximum absolute atomic E-state index is 12.8. The Morgan fingerprint density at radius 1 is 1.59 bits per heavy atom. The summed E-state index contributed by atoms with van der Waals surface area (Å²) >= 11 is 5.87. The Kier molecular flexibility index (Phi) is 7.11. The summed E-state index contributed by atoms with van der Waals surface area (Å²) < 4.78 is 12.8. The molecule has 0 saturated heterocycles. The minimum Gasteiger partial charge on any atom is -0.349 e. The molecule has 3 nitrogen and oxygen atoms in total. The summed E-state index contributed by atoms with van der Waals surface area (Å²) in [7, 11) is 0. The van der Waals surface area contributed by atoms with Gasteiger partial charge in [0.25, 0.3) is 0 Å². The number of hydrogen-bond donors (Lipinski definition) is 2. The Labute approximate surface area is 111 Å². The normalized spacial score (nSPS) is 11.5. The first-order chi connectivity index (χ1) is 7.54. The third kappa shape index (κ3) is 4.89. The van der Waals surface area contributed by atoms with Crippen LogP contribution in [-0.4, -0.2) is 12.5 Å². The molecule has 0 aromatic heterocycles. The van der Waals surface area contributed by atoms with Gasteiger partial charge in [-0.3, -0.25) is 4.79 Å². The largest absolute Gasteiger partial charge is 0.349 e. The fraction of sp³-hybridized carbons (Fsp3) is 0.364. The maximum atomic E-state index is 12.8. The van der Waals surface area contributed by atoms with Crippen LogP contribution in [0.4, 0.5) is 4.39 Å². The number of amides is 1. The van der Waals surface area contributed by atoms with Crippen LogP contribution >= 0.6 is 24.0 Å². The van der Waals surface area contributed by atoms with Gasteiger partial charge in [-0.2, -0.15) is 0 Å². The first-order valence-electron chi connectivity index (χ1n) is 4.99.